The predicted molar refractivity (Wildman–Crippen MR) is 224 cm³/mol. The smallest absolute Gasteiger partial charge is 0.126 e. The van der Waals surface area contributed by atoms with Crippen molar-refractivity contribution >= 4 is 34.1 Å². The van der Waals surface area contributed by atoms with Gasteiger partial charge in [-0.3, -0.25) is 0 Å². The zero-order valence-electron chi connectivity index (χ0n) is 31.7. The molecule has 266 valence electrons. The van der Waals surface area contributed by atoms with Crippen molar-refractivity contribution in [2.75, 3.05) is 24.0 Å². The van der Waals surface area contributed by atoms with Crippen molar-refractivity contribution < 1.29 is 9.47 Å². The summed E-state index contributed by atoms with van der Waals surface area (Å²) in [5.41, 5.74) is 16.0. The topological polar surface area (TPSA) is 24.9 Å². The van der Waals surface area contributed by atoms with Gasteiger partial charge in [-0.15, -0.1) is 0 Å². The lowest BCUT2D eigenvalue weighted by Crippen LogP contribution is -2.30. The van der Waals surface area contributed by atoms with Gasteiger partial charge < -0.3 is 19.3 Å². The summed E-state index contributed by atoms with van der Waals surface area (Å²) in [6.45, 7) is 9.28. The van der Waals surface area contributed by atoms with Crippen LogP contribution in [0.1, 0.15) is 49.9 Å². The quantitative estimate of drug-likeness (QED) is 0.172. The van der Waals surface area contributed by atoms with Crippen LogP contribution in [0.5, 0.6) is 11.5 Å². The van der Waals surface area contributed by atoms with E-state index in [4.69, 9.17) is 9.47 Å². The number of ether oxygens (including phenoxy) is 2. The minimum absolute atomic E-state index is 0.129. The van der Waals surface area contributed by atoms with Crippen LogP contribution in [-0.2, 0) is 10.8 Å². The number of fused-ring (bicyclic) bond motifs is 4. The predicted octanol–water partition coefficient (Wildman–Crippen LogP) is 13.3. The van der Waals surface area contributed by atoms with Crippen molar-refractivity contribution in [3.63, 3.8) is 0 Å². The summed E-state index contributed by atoms with van der Waals surface area (Å²) in [6.07, 6.45) is 0. The van der Waals surface area contributed by atoms with Gasteiger partial charge in [0.1, 0.15) is 11.5 Å². The van der Waals surface area contributed by atoms with Gasteiger partial charge >= 0.3 is 0 Å². The fourth-order valence-electron chi connectivity index (χ4n) is 8.87. The highest BCUT2D eigenvalue weighted by molar-refractivity contribution is 5.91. The zero-order chi connectivity index (χ0) is 37.2. The van der Waals surface area contributed by atoms with E-state index in [1.54, 1.807) is 14.2 Å². The van der Waals surface area contributed by atoms with Gasteiger partial charge in [0.25, 0.3) is 0 Å². The Labute approximate surface area is 318 Å². The first-order valence-electron chi connectivity index (χ1n) is 18.7. The molecule has 0 atom stereocenters. The summed E-state index contributed by atoms with van der Waals surface area (Å²) < 4.78 is 12.1. The monoisotopic (exact) mass is 704 g/mol. The lowest BCUT2D eigenvalue weighted by molar-refractivity contribution is 0.416. The van der Waals surface area contributed by atoms with Gasteiger partial charge in [-0.05, 0) is 100 Å². The Morgan fingerprint density at radius 2 is 0.704 bits per heavy atom. The lowest BCUT2D eigenvalue weighted by Gasteiger charge is -2.42. The average Bonchev–Trinajstić information content (AvgIpc) is 3.21. The second kappa shape index (κ2) is 12.7. The molecule has 4 nitrogen and oxygen atoms in total. The third-order valence-corrected chi connectivity index (χ3v) is 11.6. The maximum absolute atomic E-state index is 6.04. The van der Waals surface area contributed by atoms with E-state index in [0.29, 0.717) is 0 Å². The highest BCUT2D eigenvalue weighted by atomic mass is 16.5. The van der Waals surface area contributed by atoms with Gasteiger partial charge in [0, 0.05) is 33.3 Å². The number of hydrogen-bond acceptors (Lipinski definition) is 4. The van der Waals surface area contributed by atoms with E-state index in [1.807, 2.05) is 0 Å². The Morgan fingerprint density at radius 1 is 0.370 bits per heavy atom. The molecule has 2 aliphatic heterocycles. The maximum Gasteiger partial charge on any atom is 0.126 e. The van der Waals surface area contributed by atoms with E-state index in [2.05, 4.69) is 195 Å². The van der Waals surface area contributed by atoms with Crippen LogP contribution in [0.25, 0.3) is 22.3 Å². The molecule has 0 fully saturated rings. The number of anilines is 6. The van der Waals surface area contributed by atoms with E-state index in [0.717, 1.165) is 45.1 Å². The standard InChI is InChI=1S/C50H44N2O2/c1-49(2)39-18-7-11-22-43(39)51(44-23-12-8-19-40(44)49)35-26-28-47(53-5)37(31-35)33-16-15-17-34(30-33)38-32-36(27-29-48(38)54-6)52-45-24-13-9-20-41(45)50(3,4)42-21-10-14-25-46(42)52/h7-32H,1-6H3. The first kappa shape index (κ1) is 33.6. The molecule has 0 saturated heterocycles. The number of para-hydroxylation sites is 4. The molecule has 0 amide bonds. The van der Waals surface area contributed by atoms with E-state index in [1.165, 1.54) is 45.0 Å². The van der Waals surface area contributed by atoms with Crippen LogP contribution in [0.15, 0.2) is 158 Å². The van der Waals surface area contributed by atoms with Gasteiger partial charge in [-0.1, -0.05) is 119 Å². The van der Waals surface area contributed by atoms with Gasteiger partial charge in [-0.2, -0.15) is 0 Å². The number of rotatable bonds is 6. The number of methoxy groups -OCH3 is 2. The minimum Gasteiger partial charge on any atom is -0.496 e. The molecular weight excluding hydrogens is 661 g/mol. The molecule has 0 radical (unpaired) electrons. The third kappa shape index (κ3) is 5.12. The van der Waals surface area contributed by atoms with Gasteiger partial charge in [-0.25, -0.2) is 0 Å². The number of hydrogen-bond donors (Lipinski definition) is 0. The summed E-state index contributed by atoms with van der Waals surface area (Å²) in [5.74, 6) is 1.64. The minimum atomic E-state index is -0.129. The Balaban J connectivity index is 1.17. The highest BCUT2D eigenvalue weighted by Crippen LogP contribution is 2.54. The molecule has 54 heavy (non-hydrogen) atoms. The Kier molecular flexibility index (Phi) is 7.90. The summed E-state index contributed by atoms with van der Waals surface area (Å²) in [6, 6.07) is 56.8. The Hall–Kier alpha value is -6.26. The average molecular weight is 705 g/mol. The first-order valence-corrected chi connectivity index (χ1v) is 18.7. The van der Waals surface area contributed by atoms with Crippen LogP contribution in [0, 0.1) is 0 Å². The SMILES string of the molecule is COc1ccc(N2c3ccccc3C(C)(C)c3ccccc32)cc1-c1cccc(-c2cc(N3c4ccccc4C(C)(C)c4ccccc43)ccc2OC)c1. The molecule has 0 aliphatic carbocycles. The molecule has 0 spiro atoms. The molecule has 4 heteroatoms. The second-order valence-electron chi connectivity index (χ2n) is 15.3. The fourth-order valence-corrected chi connectivity index (χ4v) is 8.87. The summed E-state index contributed by atoms with van der Waals surface area (Å²) >= 11 is 0. The van der Waals surface area contributed by atoms with Crippen molar-refractivity contribution in [2.24, 2.45) is 0 Å². The molecule has 0 N–H and O–H groups in total. The van der Waals surface area contributed by atoms with E-state index in [-0.39, 0.29) is 10.8 Å². The zero-order valence-corrected chi connectivity index (χ0v) is 31.7. The summed E-state index contributed by atoms with van der Waals surface area (Å²) in [5, 5.41) is 0. The molecule has 7 aromatic rings. The molecular formula is C50H44N2O2. The lowest BCUT2D eigenvalue weighted by atomic mass is 9.73. The van der Waals surface area contributed by atoms with E-state index in [9.17, 15) is 0 Å². The number of nitrogens with zero attached hydrogens (tertiary/aromatic N) is 2. The van der Waals surface area contributed by atoms with E-state index < -0.39 is 0 Å². The molecule has 7 aromatic carbocycles. The number of benzene rings is 7. The normalized spacial score (nSPS) is 14.7. The van der Waals surface area contributed by atoms with Crippen LogP contribution >= 0.6 is 0 Å². The van der Waals surface area contributed by atoms with Crippen LogP contribution in [-0.4, -0.2) is 14.2 Å². The first-order chi connectivity index (χ1) is 26.2. The molecule has 2 aliphatic rings. The molecule has 9 rings (SSSR count). The van der Waals surface area contributed by atoms with Gasteiger partial charge in [0.2, 0.25) is 0 Å². The molecule has 0 unspecified atom stereocenters. The molecule has 0 bridgehead atoms. The van der Waals surface area contributed by atoms with Gasteiger partial charge in [0.15, 0.2) is 0 Å². The van der Waals surface area contributed by atoms with Crippen LogP contribution in [0.2, 0.25) is 0 Å². The van der Waals surface area contributed by atoms with Crippen molar-refractivity contribution in [1.82, 2.24) is 0 Å². The Bertz CT molecular complexity index is 2290. The highest BCUT2D eigenvalue weighted by Gasteiger charge is 2.38. The molecule has 0 aromatic heterocycles. The van der Waals surface area contributed by atoms with E-state index >= 15 is 0 Å². The van der Waals surface area contributed by atoms with Crippen LogP contribution < -0.4 is 19.3 Å². The Morgan fingerprint density at radius 3 is 1.04 bits per heavy atom. The largest absolute Gasteiger partial charge is 0.496 e. The van der Waals surface area contributed by atoms with Crippen molar-refractivity contribution in [3.05, 3.63) is 180 Å². The maximum atomic E-state index is 6.04. The fraction of sp³-hybridized carbons (Fsp3) is 0.160. The van der Waals surface area contributed by atoms with Crippen molar-refractivity contribution in [1.29, 1.82) is 0 Å². The molecule has 2 heterocycles. The van der Waals surface area contributed by atoms with Crippen molar-refractivity contribution in [2.45, 2.75) is 38.5 Å². The van der Waals surface area contributed by atoms with Crippen LogP contribution in [0.4, 0.5) is 34.1 Å². The van der Waals surface area contributed by atoms with Crippen molar-refractivity contribution in [3.8, 4) is 33.8 Å². The summed E-state index contributed by atoms with van der Waals surface area (Å²) in [7, 11) is 3.50. The second-order valence-corrected chi connectivity index (χ2v) is 15.3. The molecule has 0 saturated carbocycles. The van der Waals surface area contributed by atoms with Crippen LogP contribution in [0.3, 0.4) is 0 Å². The van der Waals surface area contributed by atoms with Gasteiger partial charge in [0.05, 0.1) is 37.0 Å². The third-order valence-electron chi connectivity index (χ3n) is 11.6. The summed E-state index contributed by atoms with van der Waals surface area (Å²) in [4.78, 5) is 4.79.